The maximum Gasteiger partial charge on any atom is 0.342 e. The third kappa shape index (κ3) is 3.54. The quantitative estimate of drug-likeness (QED) is 0.269. The van der Waals surface area contributed by atoms with Crippen molar-refractivity contribution >= 4 is 65.8 Å². The number of hydrogen-bond donors (Lipinski definition) is 2. The Morgan fingerprint density at radius 1 is 1.00 bits per heavy atom. The number of ether oxygens (including phenoxy) is 1. The van der Waals surface area contributed by atoms with E-state index < -0.39 is 16.0 Å². The maximum absolute atomic E-state index is 13.8. The highest BCUT2D eigenvalue weighted by atomic mass is 32.2. The third-order valence-corrected chi connectivity index (χ3v) is 7.96. The van der Waals surface area contributed by atoms with Gasteiger partial charge >= 0.3 is 5.97 Å². The number of furan rings is 1. The summed E-state index contributed by atoms with van der Waals surface area (Å²) in [4.78, 5) is 25.2. The monoisotopic (exact) mass is 514 g/mol. The fourth-order valence-electron chi connectivity index (χ4n) is 4.94. The number of amides is 1. The van der Waals surface area contributed by atoms with E-state index in [0.717, 1.165) is 0 Å². The molecule has 37 heavy (non-hydrogen) atoms. The number of aryl methyl sites for hydroxylation is 1. The van der Waals surface area contributed by atoms with Gasteiger partial charge in [-0.1, -0.05) is 43.3 Å². The lowest BCUT2D eigenvalue weighted by atomic mass is 10.0. The van der Waals surface area contributed by atoms with Gasteiger partial charge in [0.25, 0.3) is 15.9 Å². The molecule has 0 fully saturated rings. The number of nitrogens with one attached hydrogen (secondary N) is 2. The van der Waals surface area contributed by atoms with Gasteiger partial charge in [0, 0.05) is 38.2 Å². The minimum absolute atomic E-state index is 0.0414. The Hall–Kier alpha value is -4.37. The molecule has 186 valence electrons. The minimum atomic E-state index is -4.10. The number of sulfonamides is 1. The van der Waals surface area contributed by atoms with Crippen LogP contribution in [0.3, 0.4) is 0 Å². The number of rotatable bonds is 6. The number of anilines is 2. The Morgan fingerprint density at radius 2 is 1.76 bits per heavy atom. The predicted molar refractivity (Wildman–Crippen MR) is 142 cm³/mol. The summed E-state index contributed by atoms with van der Waals surface area (Å²) in [6.07, 6.45) is 0.671. The second-order valence-corrected chi connectivity index (χ2v) is 10.6. The average Bonchev–Trinajstić information content (AvgIpc) is 3.39. The smallest absolute Gasteiger partial charge is 0.342 e. The van der Waals surface area contributed by atoms with Crippen LogP contribution in [0.2, 0.25) is 0 Å². The summed E-state index contributed by atoms with van der Waals surface area (Å²) in [6.45, 7) is 3.85. The van der Waals surface area contributed by atoms with E-state index in [4.69, 9.17) is 9.15 Å². The van der Waals surface area contributed by atoms with E-state index in [-0.39, 0.29) is 23.0 Å². The van der Waals surface area contributed by atoms with Crippen molar-refractivity contribution in [1.29, 1.82) is 0 Å². The van der Waals surface area contributed by atoms with Crippen molar-refractivity contribution in [2.24, 2.45) is 0 Å². The normalized spacial score (nSPS) is 12.9. The van der Waals surface area contributed by atoms with Crippen molar-refractivity contribution in [3.63, 3.8) is 0 Å². The van der Waals surface area contributed by atoms with Gasteiger partial charge in [0.15, 0.2) is 0 Å². The molecule has 0 bridgehead atoms. The molecule has 5 aromatic rings. The average molecular weight is 515 g/mol. The van der Waals surface area contributed by atoms with Gasteiger partial charge in [-0.25, -0.2) is 13.2 Å². The summed E-state index contributed by atoms with van der Waals surface area (Å²) in [5.74, 6) is -0.393. The molecule has 1 aliphatic heterocycles. The summed E-state index contributed by atoms with van der Waals surface area (Å²) < 4.78 is 41.6. The second kappa shape index (κ2) is 8.35. The first-order chi connectivity index (χ1) is 17.8. The van der Waals surface area contributed by atoms with Gasteiger partial charge in [0.1, 0.15) is 16.9 Å². The SMILES string of the molecule is CCCOC(=O)c1c(C)oc2c1cc(NS(=O)(=O)c1ccc3c4c(cccc14)C(=O)N3)c1ccccc12. The highest BCUT2D eigenvalue weighted by Crippen LogP contribution is 2.40. The summed E-state index contributed by atoms with van der Waals surface area (Å²) in [7, 11) is -4.10. The zero-order chi connectivity index (χ0) is 25.9. The molecule has 0 radical (unpaired) electrons. The molecule has 2 heterocycles. The van der Waals surface area contributed by atoms with Crippen LogP contribution < -0.4 is 10.0 Å². The fraction of sp³-hybridized carbons (Fsp3) is 0.143. The van der Waals surface area contributed by atoms with E-state index in [1.807, 2.05) is 19.1 Å². The lowest BCUT2D eigenvalue weighted by Gasteiger charge is -2.14. The highest BCUT2D eigenvalue weighted by molar-refractivity contribution is 7.93. The summed E-state index contributed by atoms with van der Waals surface area (Å²) >= 11 is 0. The molecule has 4 aromatic carbocycles. The first kappa shape index (κ1) is 23.1. The van der Waals surface area contributed by atoms with E-state index in [9.17, 15) is 18.0 Å². The molecule has 2 N–H and O–H groups in total. The van der Waals surface area contributed by atoms with Gasteiger partial charge in [-0.2, -0.15) is 0 Å². The Morgan fingerprint density at radius 3 is 2.54 bits per heavy atom. The Balaban J connectivity index is 1.53. The zero-order valence-electron chi connectivity index (χ0n) is 20.0. The van der Waals surface area contributed by atoms with E-state index in [1.165, 1.54) is 6.07 Å². The largest absolute Gasteiger partial charge is 0.462 e. The van der Waals surface area contributed by atoms with Crippen LogP contribution in [0.4, 0.5) is 11.4 Å². The van der Waals surface area contributed by atoms with Gasteiger partial charge in [-0.3, -0.25) is 9.52 Å². The first-order valence-corrected chi connectivity index (χ1v) is 13.3. The molecule has 0 atom stereocenters. The Bertz CT molecular complexity index is 1890. The molecule has 1 aliphatic rings. The zero-order valence-corrected chi connectivity index (χ0v) is 20.9. The first-order valence-electron chi connectivity index (χ1n) is 11.8. The number of carbonyl (C=O) groups is 2. The van der Waals surface area contributed by atoms with E-state index in [1.54, 1.807) is 49.4 Å². The summed E-state index contributed by atoms with van der Waals surface area (Å²) in [5.41, 5.74) is 2.05. The van der Waals surface area contributed by atoms with Crippen molar-refractivity contribution < 1.29 is 27.2 Å². The Labute approximate surface area is 212 Å². The van der Waals surface area contributed by atoms with Crippen molar-refractivity contribution in [2.75, 3.05) is 16.6 Å². The molecule has 0 saturated carbocycles. The molecule has 6 rings (SSSR count). The van der Waals surface area contributed by atoms with Gasteiger partial charge < -0.3 is 14.5 Å². The van der Waals surface area contributed by atoms with Gasteiger partial charge in [0.05, 0.1) is 17.2 Å². The predicted octanol–water partition coefficient (Wildman–Crippen LogP) is 5.98. The van der Waals surface area contributed by atoms with E-state index in [2.05, 4.69) is 10.0 Å². The molecule has 1 aromatic heterocycles. The molecular weight excluding hydrogens is 492 g/mol. The summed E-state index contributed by atoms with van der Waals surface area (Å²) in [5, 5.41) is 5.51. The van der Waals surface area contributed by atoms with Crippen LogP contribution in [0.15, 0.2) is 70.0 Å². The lowest BCUT2D eigenvalue weighted by Crippen LogP contribution is -2.14. The molecular formula is C28H22N2O6S. The van der Waals surface area contributed by atoms with Crippen LogP contribution in [-0.4, -0.2) is 26.9 Å². The molecule has 0 aliphatic carbocycles. The van der Waals surface area contributed by atoms with Crippen LogP contribution in [0.1, 0.15) is 39.8 Å². The van der Waals surface area contributed by atoms with Gasteiger partial charge in [0.2, 0.25) is 0 Å². The van der Waals surface area contributed by atoms with Crippen LogP contribution in [0.25, 0.3) is 32.5 Å². The van der Waals surface area contributed by atoms with Crippen LogP contribution >= 0.6 is 0 Å². The van der Waals surface area contributed by atoms with Crippen LogP contribution in [-0.2, 0) is 14.8 Å². The highest BCUT2D eigenvalue weighted by Gasteiger charge is 2.28. The van der Waals surface area contributed by atoms with Crippen LogP contribution in [0, 0.1) is 6.92 Å². The Kier molecular flexibility index (Phi) is 5.20. The van der Waals surface area contributed by atoms with Crippen molar-refractivity contribution in [2.45, 2.75) is 25.2 Å². The van der Waals surface area contributed by atoms with Crippen molar-refractivity contribution in [3.05, 3.63) is 77.6 Å². The standard InChI is InChI=1S/C28H22N2O6S/c1-3-13-35-28(32)24-15(2)36-26-17-8-5-4-7-16(17)22(14-20(24)26)30-37(33,34)23-12-11-21-25-18(23)9-6-10-19(25)27(31)29-21/h4-12,14,30H,3,13H2,1-2H3,(H,29,31). The molecule has 0 spiro atoms. The van der Waals surface area contributed by atoms with Crippen molar-refractivity contribution in [1.82, 2.24) is 0 Å². The van der Waals surface area contributed by atoms with E-state index in [0.29, 0.717) is 61.6 Å². The number of fused-ring (bicyclic) bond motifs is 3. The topological polar surface area (TPSA) is 115 Å². The number of carbonyl (C=O) groups excluding carboxylic acids is 2. The van der Waals surface area contributed by atoms with E-state index >= 15 is 0 Å². The number of esters is 1. The molecule has 0 saturated heterocycles. The fourth-order valence-corrected chi connectivity index (χ4v) is 6.22. The third-order valence-electron chi connectivity index (χ3n) is 6.54. The minimum Gasteiger partial charge on any atom is -0.462 e. The number of benzene rings is 4. The van der Waals surface area contributed by atoms with Gasteiger partial charge in [-0.15, -0.1) is 0 Å². The molecule has 0 unspecified atom stereocenters. The molecule has 8 nitrogen and oxygen atoms in total. The second-order valence-electron chi connectivity index (χ2n) is 8.91. The van der Waals surface area contributed by atoms with Crippen LogP contribution in [0.5, 0.6) is 0 Å². The summed E-state index contributed by atoms with van der Waals surface area (Å²) in [6, 6.07) is 16.9. The van der Waals surface area contributed by atoms with Gasteiger partial charge in [-0.05, 0) is 37.6 Å². The van der Waals surface area contributed by atoms with Crippen molar-refractivity contribution in [3.8, 4) is 0 Å². The molecule has 9 heteroatoms. The number of hydrogen-bond acceptors (Lipinski definition) is 6. The maximum atomic E-state index is 13.8. The molecule has 1 amide bonds. The lowest BCUT2D eigenvalue weighted by molar-refractivity contribution is 0.0505.